The van der Waals surface area contributed by atoms with Gasteiger partial charge >= 0.3 is 0 Å². The third-order valence-electron chi connectivity index (χ3n) is 2.22. The molecule has 2 amide bonds. The number of carbonyl (C=O) groups is 2. The van der Waals surface area contributed by atoms with Crippen LogP contribution < -0.4 is 11.1 Å². The maximum absolute atomic E-state index is 11.1. The Kier molecular flexibility index (Phi) is 32.3. The predicted octanol–water partition coefficient (Wildman–Crippen LogP) is -0.566. The van der Waals surface area contributed by atoms with Gasteiger partial charge in [-0.05, 0) is 12.8 Å². The summed E-state index contributed by atoms with van der Waals surface area (Å²) in [5.74, 6) is -0.0537. The Morgan fingerprint density at radius 3 is 2.04 bits per heavy atom. The molecule has 4 N–H and O–H groups in total. The molecule has 0 saturated carbocycles. The summed E-state index contributed by atoms with van der Waals surface area (Å²) in [6.45, 7) is 6.10. The second-order valence-electron chi connectivity index (χ2n) is 4.15. The Bertz CT molecular complexity index is 247. The van der Waals surface area contributed by atoms with Crippen LogP contribution in [0.25, 0.3) is 0 Å². The molecule has 0 aromatic heterocycles. The summed E-state index contributed by atoms with van der Waals surface area (Å²) in [7, 11) is 0. The molecule has 0 rings (SSSR count). The number of primary amides is 1. The minimum atomic E-state index is -0.0537. The first kappa shape index (κ1) is 27.7. The zero-order chi connectivity index (χ0) is 16.9. The van der Waals surface area contributed by atoms with E-state index in [4.69, 9.17) is 24.1 Å². The van der Waals surface area contributed by atoms with Gasteiger partial charge in [-0.1, -0.05) is 6.92 Å². The third-order valence-corrected chi connectivity index (χ3v) is 2.22. The van der Waals surface area contributed by atoms with Crippen LogP contribution in [0.15, 0.2) is 0 Å². The van der Waals surface area contributed by atoms with E-state index >= 15 is 0 Å². The quantitative estimate of drug-likeness (QED) is 0.260. The minimum Gasteiger partial charge on any atom is -0.396 e. The molecule has 0 heterocycles. The molecule has 0 aromatic rings. The van der Waals surface area contributed by atoms with Gasteiger partial charge < -0.3 is 30.4 Å². The average Bonchev–Trinajstić information content (AvgIpc) is 2.51. The number of hydrogen-bond acceptors (Lipinski definition) is 6. The molecular weight excluding hydrogens is 381 g/mol. The van der Waals surface area contributed by atoms with E-state index in [1.54, 1.807) is 0 Å². The van der Waals surface area contributed by atoms with E-state index in [0.717, 1.165) is 13.0 Å². The average molecular weight is 411 g/mol. The van der Waals surface area contributed by atoms with Crippen LogP contribution in [-0.4, -0.2) is 70.2 Å². The Hall–Kier alpha value is -0.116. The normalized spacial score (nSPS) is 9.30. The molecule has 0 aliphatic heterocycles. The molecular formula is C14H30N2O6Y. The van der Waals surface area contributed by atoms with Crippen molar-refractivity contribution in [2.24, 2.45) is 5.73 Å². The van der Waals surface area contributed by atoms with Crippen LogP contribution in [0.5, 0.6) is 0 Å². The summed E-state index contributed by atoms with van der Waals surface area (Å²) < 4.78 is 15.8. The number of aliphatic hydroxyl groups is 1. The van der Waals surface area contributed by atoms with E-state index in [1.807, 2.05) is 0 Å². The van der Waals surface area contributed by atoms with Gasteiger partial charge in [0.05, 0.1) is 33.0 Å². The van der Waals surface area contributed by atoms with Crippen LogP contribution in [0.2, 0.25) is 0 Å². The van der Waals surface area contributed by atoms with Crippen molar-refractivity contribution in [1.29, 1.82) is 0 Å². The predicted molar refractivity (Wildman–Crippen MR) is 82.3 cm³/mol. The van der Waals surface area contributed by atoms with E-state index in [1.165, 1.54) is 0 Å². The van der Waals surface area contributed by atoms with Crippen molar-refractivity contribution in [3.8, 4) is 0 Å². The van der Waals surface area contributed by atoms with Crippen LogP contribution >= 0.6 is 0 Å². The van der Waals surface area contributed by atoms with Crippen LogP contribution in [0.1, 0.15) is 26.2 Å². The first-order chi connectivity index (χ1) is 10.7. The van der Waals surface area contributed by atoms with E-state index < -0.39 is 0 Å². The first-order valence-corrected chi connectivity index (χ1v) is 7.49. The number of hydrogen-bond donors (Lipinski definition) is 3. The number of nitrogens with two attached hydrogens (primary N) is 1. The fourth-order valence-electron chi connectivity index (χ4n) is 1.28. The SMILES string of the molecule is CCCOCCOCCOCCNC(=O)CCCO.NC=O.[Y]. The zero-order valence-corrected chi connectivity index (χ0v) is 16.8. The number of amides is 2. The molecule has 0 unspecified atom stereocenters. The summed E-state index contributed by atoms with van der Waals surface area (Å²) in [6.07, 6.45) is 2.13. The second kappa shape index (κ2) is 26.8. The van der Waals surface area contributed by atoms with Crippen LogP contribution in [0, 0.1) is 0 Å². The molecule has 135 valence electrons. The largest absolute Gasteiger partial charge is 0.396 e. The number of carbonyl (C=O) groups excluding carboxylic acids is 2. The Morgan fingerprint density at radius 1 is 1.09 bits per heavy atom. The molecule has 0 fully saturated rings. The summed E-state index contributed by atoms with van der Waals surface area (Å²) in [6, 6.07) is 0. The van der Waals surface area contributed by atoms with Gasteiger partial charge in [-0.25, -0.2) is 0 Å². The monoisotopic (exact) mass is 411 g/mol. The molecule has 1 radical (unpaired) electrons. The Labute approximate surface area is 163 Å². The van der Waals surface area contributed by atoms with Crippen molar-refractivity contribution in [1.82, 2.24) is 5.32 Å². The topological polar surface area (TPSA) is 120 Å². The fourth-order valence-corrected chi connectivity index (χ4v) is 1.28. The molecule has 8 nitrogen and oxygen atoms in total. The molecule has 0 aliphatic carbocycles. The van der Waals surface area contributed by atoms with Crippen molar-refractivity contribution in [2.75, 3.05) is 52.8 Å². The fraction of sp³-hybridized carbons (Fsp3) is 0.857. The van der Waals surface area contributed by atoms with Crippen molar-refractivity contribution in [2.45, 2.75) is 26.2 Å². The molecule has 0 atom stereocenters. The number of ether oxygens (including phenoxy) is 3. The van der Waals surface area contributed by atoms with Crippen molar-refractivity contribution >= 4 is 12.3 Å². The summed E-state index contributed by atoms with van der Waals surface area (Å²) in [4.78, 5) is 19.7. The van der Waals surface area contributed by atoms with Crippen molar-refractivity contribution in [3.63, 3.8) is 0 Å². The van der Waals surface area contributed by atoms with Crippen molar-refractivity contribution < 1.29 is 61.6 Å². The number of aliphatic hydroxyl groups excluding tert-OH is 1. The van der Waals surface area contributed by atoms with Gasteiger partial charge in [0, 0.05) is 58.9 Å². The van der Waals surface area contributed by atoms with Crippen LogP contribution in [0.4, 0.5) is 0 Å². The van der Waals surface area contributed by atoms with Gasteiger partial charge in [0.25, 0.3) is 0 Å². The van der Waals surface area contributed by atoms with Gasteiger partial charge in [-0.15, -0.1) is 0 Å². The van der Waals surface area contributed by atoms with E-state index in [2.05, 4.69) is 18.0 Å². The maximum Gasteiger partial charge on any atom is 0.220 e. The summed E-state index contributed by atoms with van der Waals surface area (Å²) in [5, 5.41) is 11.3. The molecule has 0 saturated heterocycles. The van der Waals surface area contributed by atoms with Crippen molar-refractivity contribution in [3.05, 3.63) is 0 Å². The molecule has 0 aromatic carbocycles. The first-order valence-electron chi connectivity index (χ1n) is 7.49. The molecule has 0 spiro atoms. The van der Waals surface area contributed by atoms with E-state index in [9.17, 15) is 4.79 Å². The van der Waals surface area contributed by atoms with Gasteiger partial charge in [0.15, 0.2) is 0 Å². The van der Waals surface area contributed by atoms with Gasteiger partial charge in [0.1, 0.15) is 0 Å². The van der Waals surface area contributed by atoms with Gasteiger partial charge in [-0.2, -0.15) is 0 Å². The summed E-state index contributed by atoms with van der Waals surface area (Å²) >= 11 is 0. The molecule has 0 bridgehead atoms. The third kappa shape index (κ3) is 30.4. The zero-order valence-electron chi connectivity index (χ0n) is 14.0. The molecule has 0 aliphatic rings. The smallest absolute Gasteiger partial charge is 0.220 e. The molecule has 9 heteroatoms. The van der Waals surface area contributed by atoms with Gasteiger partial charge in [-0.3, -0.25) is 9.59 Å². The minimum absolute atomic E-state index is 0. The standard InChI is InChI=1S/C13H27NO5.CH3NO.Y/c1-2-7-17-9-11-19-12-10-18-8-5-14-13(16)4-3-6-15;2-1-3;/h15H,2-12H2,1H3,(H,14,16);1H,(H2,2,3);. The maximum atomic E-state index is 11.1. The van der Waals surface area contributed by atoms with Crippen LogP contribution in [0.3, 0.4) is 0 Å². The molecule has 23 heavy (non-hydrogen) atoms. The number of rotatable bonds is 14. The number of nitrogens with one attached hydrogen (secondary N) is 1. The van der Waals surface area contributed by atoms with Crippen LogP contribution in [-0.2, 0) is 56.5 Å². The van der Waals surface area contributed by atoms with E-state index in [0.29, 0.717) is 52.4 Å². The summed E-state index contributed by atoms with van der Waals surface area (Å²) in [5.41, 5.74) is 4.17. The Balaban J connectivity index is -0.000000920. The van der Waals surface area contributed by atoms with Gasteiger partial charge in [0.2, 0.25) is 12.3 Å². The Morgan fingerprint density at radius 2 is 1.57 bits per heavy atom. The van der Waals surface area contributed by atoms with E-state index in [-0.39, 0.29) is 51.6 Å². The second-order valence-corrected chi connectivity index (χ2v) is 4.15.